The maximum absolute atomic E-state index is 13.9. The number of hydrogen-bond acceptors (Lipinski definition) is 4. The summed E-state index contributed by atoms with van der Waals surface area (Å²) in [5.41, 5.74) is -0.00261. The van der Waals surface area contributed by atoms with Crippen molar-refractivity contribution in [3.05, 3.63) is 36.7 Å². The summed E-state index contributed by atoms with van der Waals surface area (Å²) >= 11 is 0. The molecule has 1 saturated heterocycles. The van der Waals surface area contributed by atoms with Gasteiger partial charge in [-0.15, -0.1) is 0 Å². The zero-order valence-electron chi connectivity index (χ0n) is 12.1. The summed E-state index contributed by atoms with van der Waals surface area (Å²) in [6.07, 6.45) is 1.08. The standard InChI is InChI=1S/C15H14FN3O4/c1-2-12(20)17-8-13(21)18-9-3-4-10(16)11(7-9)19-14(22)5-6-15(19)23/h2-4,7H,1,5-6,8H2,(H,17,20)(H,18,21). The van der Waals surface area contributed by atoms with E-state index in [9.17, 15) is 23.6 Å². The highest BCUT2D eigenvalue weighted by Gasteiger charge is 2.32. The molecule has 2 N–H and O–H groups in total. The summed E-state index contributed by atoms with van der Waals surface area (Å²) in [4.78, 5) is 46.8. The Morgan fingerprint density at radius 2 is 1.91 bits per heavy atom. The van der Waals surface area contributed by atoms with Gasteiger partial charge in [0.25, 0.3) is 0 Å². The van der Waals surface area contributed by atoms with E-state index in [-0.39, 0.29) is 30.8 Å². The van der Waals surface area contributed by atoms with Crippen LogP contribution in [0.1, 0.15) is 12.8 Å². The molecular weight excluding hydrogens is 305 g/mol. The van der Waals surface area contributed by atoms with Gasteiger partial charge in [-0.25, -0.2) is 9.29 Å². The first-order valence-electron chi connectivity index (χ1n) is 6.78. The summed E-state index contributed by atoms with van der Waals surface area (Å²) in [5.74, 6) is -2.78. The Morgan fingerprint density at radius 3 is 2.52 bits per heavy atom. The molecule has 0 bridgehead atoms. The third-order valence-electron chi connectivity index (χ3n) is 3.13. The molecule has 0 radical (unpaired) electrons. The molecule has 4 amide bonds. The van der Waals surface area contributed by atoms with Crippen LogP contribution in [0.15, 0.2) is 30.9 Å². The van der Waals surface area contributed by atoms with E-state index in [0.29, 0.717) is 0 Å². The van der Waals surface area contributed by atoms with Gasteiger partial charge in [-0.05, 0) is 24.3 Å². The molecule has 1 aliphatic heterocycles. The highest BCUT2D eigenvalue weighted by atomic mass is 19.1. The Kier molecular flexibility index (Phi) is 4.85. The maximum atomic E-state index is 13.9. The molecule has 120 valence electrons. The lowest BCUT2D eigenvalue weighted by molar-refractivity contribution is -0.121. The van der Waals surface area contributed by atoms with E-state index in [2.05, 4.69) is 17.2 Å². The molecule has 1 aromatic rings. The van der Waals surface area contributed by atoms with Gasteiger partial charge in [0.15, 0.2) is 0 Å². The van der Waals surface area contributed by atoms with E-state index >= 15 is 0 Å². The fraction of sp³-hybridized carbons (Fsp3) is 0.200. The van der Waals surface area contributed by atoms with Crippen molar-refractivity contribution >= 4 is 35.0 Å². The molecule has 1 aliphatic rings. The second-order valence-electron chi connectivity index (χ2n) is 4.76. The van der Waals surface area contributed by atoms with E-state index in [1.807, 2.05) is 0 Å². The molecule has 7 nitrogen and oxygen atoms in total. The number of imide groups is 1. The molecule has 1 fully saturated rings. The molecule has 0 atom stereocenters. The van der Waals surface area contributed by atoms with E-state index < -0.39 is 29.4 Å². The second-order valence-corrected chi connectivity index (χ2v) is 4.76. The second kappa shape index (κ2) is 6.82. The van der Waals surface area contributed by atoms with Crippen LogP contribution in [0.4, 0.5) is 15.8 Å². The number of nitrogens with zero attached hydrogens (tertiary/aromatic N) is 1. The highest BCUT2D eigenvalue weighted by Crippen LogP contribution is 2.28. The van der Waals surface area contributed by atoms with Gasteiger partial charge in [0.05, 0.1) is 12.2 Å². The van der Waals surface area contributed by atoms with Gasteiger partial charge in [-0.3, -0.25) is 19.2 Å². The van der Waals surface area contributed by atoms with Crippen molar-refractivity contribution in [3.63, 3.8) is 0 Å². The van der Waals surface area contributed by atoms with Crippen molar-refractivity contribution in [2.75, 3.05) is 16.8 Å². The minimum Gasteiger partial charge on any atom is -0.343 e. The number of benzene rings is 1. The first-order chi connectivity index (χ1) is 10.9. The first-order valence-corrected chi connectivity index (χ1v) is 6.78. The summed E-state index contributed by atoms with van der Waals surface area (Å²) < 4.78 is 13.9. The van der Waals surface area contributed by atoms with E-state index in [0.717, 1.165) is 17.0 Å². The molecule has 0 spiro atoms. The van der Waals surface area contributed by atoms with E-state index in [1.165, 1.54) is 12.1 Å². The van der Waals surface area contributed by atoms with Gasteiger partial charge in [0.2, 0.25) is 23.6 Å². The number of carbonyl (C=O) groups excluding carboxylic acids is 4. The highest BCUT2D eigenvalue weighted by molar-refractivity contribution is 6.20. The first kappa shape index (κ1) is 16.3. The van der Waals surface area contributed by atoms with Crippen LogP contribution >= 0.6 is 0 Å². The Hall–Kier alpha value is -3.03. The summed E-state index contributed by atoms with van der Waals surface area (Å²) in [5, 5.41) is 4.72. The molecule has 0 saturated carbocycles. The van der Waals surface area contributed by atoms with Crippen LogP contribution < -0.4 is 15.5 Å². The minimum absolute atomic E-state index is 0.0302. The van der Waals surface area contributed by atoms with Crippen LogP contribution in [-0.2, 0) is 19.2 Å². The number of anilines is 2. The van der Waals surface area contributed by atoms with Gasteiger partial charge in [-0.2, -0.15) is 0 Å². The lowest BCUT2D eigenvalue weighted by Gasteiger charge is -2.16. The van der Waals surface area contributed by atoms with Crippen LogP contribution in [-0.4, -0.2) is 30.2 Å². The normalized spacial score (nSPS) is 13.9. The molecule has 0 unspecified atom stereocenters. The molecule has 0 aliphatic carbocycles. The smallest absolute Gasteiger partial charge is 0.243 e. The molecule has 1 heterocycles. The fourth-order valence-corrected chi connectivity index (χ4v) is 2.05. The SMILES string of the molecule is C=CC(=O)NCC(=O)Nc1ccc(F)c(N2C(=O)CCC2=O)c1. The molecular formula is C15H14FN3O4. The maximum Gasteiger partial charge on any atom is 0.243 e. The Balaban J connectivity index is 2.12. The summed E-state index contributed by atoms with van der Waals surface area (Å²) in [6.45, 7) is 2.95. The predicted molar refractivity (Wildman–Crippen MR) is 80.0 cm³/mol. The quantitative estimate of drug-likeness (QED) is 0.617. The number of rotatable bonds is 5. The van der Waals surface area contributed by atoms with E-state index in [4.69, 9.17) is 0 Å². The average molecular weight is 319 g/mol. The van der Waals surface area contributed by atoms with Crippen molar-refractivity contribution in [2.45, 2.75) is 12.8 Å². The summed E-state index contributed by atoms with van der Waals surface area (Å²) in [7, 11) is 0. The fourth-order valence-electron chi connectivity index (χ4n) is 2.05. The molecule has 2 rings (SSSR count). The number of nitrogens with one attached hydrogen (secondary N) is 2. The third-order valence-corrected chi connectivity index (χ3v) is 3.13. The lowest BCUT2D eigenvalue weighted by Crippen LogP contribution is -2.32. The Morgan fingerprint density at radius 1 is 1.26 bits per heavy atom. The van der Waals surface area contributed by atoms with Gasteiger partial charge < -0.3 is 10.6 Å². The van der Waals surface area contributed by atoms with Crippen LogP contribution in [0.3, 0.4) is 0 Å². The average Bonchev–Trinajstić information content (AvgIpc) is 2.86. The Bertz CT molecular complexity index is 686. The number of carbonyl (C=O) groups is 4. The van der Waals surface area contributed by atoms with Crippen LogP contribution in [0.5, 0.6) is 0 Å². The van der Waals surface area contributed by atoms with Crippen molar-refractivity contribution in [1.82, 2.24) is 5.32 Å². The molecule has 1 aromatic carbocycles. The van der Waals surface area contributed by atoms with Crippen LogP contribution in [0.2, 0.25) is 0 Å². The lowest BCUT2D eigenvalue weighted by atomic mass is 10.2. The zero-order valence-corrected chi connectivity index (χ0v) is 12.1. The molecule has 8 heteroatoms. The van der Waals surface area contributed by atoms with Crippen molar-refractivity contribution in [2.24, 2.45) is 0 Å². The van der Waals surface area contributed by atoms with Crippen LogP contribution in [0.25, 0.3) is 0 Å². The predicted octanol–water partition coefficient (Wildman–Crippen LogP) is 0.720. The number of halogens is 1. The largest absolute Gasteiger partial charge is 0.343 e. The zero-order chi connectivity index (χ0) is 17.0. The van der Waals surface area contributed by atoms with Crippen LogP contribution in [0, 0.1) is 5.82 Å². The van der Waals surface area contributed by atoms with Gasteiger partial charge in [-0.1, -0.05) is 6.58 Å². The third kappa shape index (κ3) is 3.79. The van der Waals surface area contributed by atoms with Crippen molar-refractivity contribution < 1.29 is 23.6 Å². The van der Waals surface area contributed by atoms with Crippen molar-refractivity contribution in [1.29, 1.82) is 0 Å². The molecule has 23 heavy (non-hydrogen) atoms. The number of hydrogen-bond donors (Lipinski definition) is 2. The minimum atomic E-state index is -0.744. The van der Waals surface area contributed by atoms with Gasteiger partial charge >= 0.3 is 0 Å². The summed E-state index contributed by atoms with van der Waals surface area (Å²) in [6, 6.07) is 3.53. The Labute approximate surface area is 131 Å². The number of amides is 4. The van der Waals surface area contributed by atoms with Gasteiger partial charge in [0, 0.05) is 18.5 Å². The van der Waals surface area contributed by atoms with Gasteiger partial charge in [0.1, 0.15) is 5.82 Å². The van der Waals surface area contributed by atoms with Crippen molar-refractivity contribution in [3.8, 4) is 0 Å². The monoisotopic (exact) mass is 319 g/mol. The topological polar surface area (TPSA) is 95.6 Å². The van der Waals surface area contributed by atoms with E-state index in [1.54, 1.807) is 0 Å². The molecule has 0 aromatic heterocycles.